The lowest BCUT2D eigenvalue weighted by molar-refractivity contribution is -0.121. The van der Waals surface area contributed by atoms with Crippen molar-refractivity contribution in [2.24, 2.45) is 5.73 Å². The number of para-hydroxylation sites is 2. The Morgan fingerprint density at radius 2 is 2.25 bits per heavy atom. The van der Waals surface area contributed by atoms with Crippen LogP contribution in [0.5, 0.6) is 0 Å². The Balaban J connectivity index is 2.51. The number of hydrogen-bond donors (Lipinski definition) is 2. The van der Waals surface area contributed by atoms with E-state index in [0.29, 0.717) is 6.54 Å². The third-order valence-electron chi connectivity index (χ3n) is 2.50. The Morgan fingerprint density at radius 3 is 2.94 bits per heavy atom. The highest BCUT2D eigenvalue weighted by molar-refractivity contribution is 5.80. The number of aromatic nitrogens is 2. The standard InChI is InChI=1S/C11H14N4O/c1-13-11(16)7-15-9-5-3-2-4-8(9)14-10(15)6-12/h2-5H,6-7,12H2,1H3,(H,13,16). The van der Waals surface area contributed by atoms with Crippen molar-refractivity contribution in [3.05, 3.63) is 30.1 Å². The molecule has 16 heavy (non-hydrogen) atoms. The lowest BCUT2D eigenvalue weighted by Gasteiger charge is -2.06. The number of benzene rings is 1. The maximum absolute atomic E-state index is 11.4. The van der Waals surface area contributed by atoms with Crippen molar-refractivity contribution in [3.8, 4) is 0 Å². The van der Waals surface area contributed by atoms with E-state index in [0.717, 1.165) is 16.9 Å². The number of carbonyl (C=O) groups is 1. The summed E-state index contributed by atoms with van der Waals surface area (Å²) in [5, 5.41) is 2.59. The second-order valence-electron chi connectivity index (χ2n) is 3.48. The van der Waals surface area contributed by atoms with Crippen LogP contribution in [0.4, 0.5) is 0 Å². The van der Waals surface area contributed by atoms with Crippen LogP contribution >= 0.6 is 0 Å². The Kier molecular flexibility index (Phi) is 2.87. The van der Waals surface area contributed by atoms with Crippen molar-refractivity contribution in [3.63, 3.8) is 0 Å². The number of imidazole rings is 1. The molecule has 5 nitrogen and oxygen atoms in total. The number of carbonyl (C=O) groups excluding carboxylic acids is 1. The molecule has 0 fully saturated rings. The molecule has 2 rings (SSSR count). The van der Waals surface area contributed by atoms with Crippen LogP contribution in [0.1, 0.15) is 5.82 Å². The summed E-state index contributed by atoms with van der Waals surface area (Å²) in [7, 11) is 1.61. The van der Waals surface area contributed by atoms with Crippen LogP contribution in [0, 0.1) is 0 Å². The molecule has 1 amide bonds. The fourth-order valence-electron chi connectivity index (χ4n) is 1.68. The van der Waals surface area contributed by atoms with Gasteiger partial charge in [-0.05, 0) is 12.1 Å². The number of fused-ring (bicyclic) bond motifs is 1. The fraction of sp³-hybridized carbons (Fsp3) is 0.273. The lowest BCUT2D eigenvalue weighted by Crippen LogP contribution is -2.25. The van der Waals surface area contributed by atoms with Crippen LogP contribution < -0.4 is 11.1 Å². The van der Waals surface area contributed by atoms with Crippen LogP contribution in [-0.2, 0) is 17.9 Å². The van der Waals surface area contributed by atoms with Gasteiger partial charge in [-0.25, -0.2) is 4.98 Å². The maximum Gasteiger partial charge on any atom is 0.239 e. The van der Waals surface area contributed by atoms with E-state index in [1.807, 2.05) is 28.8 Å². The zero-order valence-electron chi connectivity index (χ0n) is 9.10. The van der Waals surface area contributed by atoms with E-state index in [4.69, 9.17) is 5.73 Å². The van der Waals surface area contributed by atoms with Gasteiger partial charge in [-0.2, -0.15) is 0 Å². The summed E-state index contributed by atoms with van der Waals surface area (Å²) in [5.74, 6) is 0.669. The van der Waals surface area contributed by atoms with Crippen molar-refractivity contribution in [1.82, 2.24) is 14.9 Å². The van der Waals surface area contributed by atoms with Crippen LogP contribution in [0.2, 0.25) is 0 Å². The molecule has 3 N–H and O–H groups in total. The van der Waals surface area contributed by atoms with Gasteiger partial charge in [-0.3, -0.25) is 4.79 Å². The second-order valence-corrected chi connectivity index (χ2v) is 3.48. The number of nitrogens with one attached hydrogen (secondary N) is 1. The van der Waals surface area contributed by atoms with E-state index in [1.54, 1.807) is 7.05 Å². The third-order valence-corrected chi connectivity index (χ3v) is 2.50. The molecule has 0 aliphatic rings. The number of hydrogen-bond acceptors (Lipinski definition) is 3. The molecule has 0 spiro atoms. The van der Waals surface area contributed by atoms with Gasteiger partial charge in [-0.15, -0.1) is 0 Å². The first-order valence-corrected chi connectivity index (χ1v) is 5.11. The summed E-state index contributed by atoms with van der Waals surface area (Å²) >= 11 is 0. The number of likely N-dealkylation sites (N-methyl/N-ethyl adjacent to an activating group) is 1. The van der Waals surface area contributed by atoms with Gasteiger partial charge >= 0.3 is 0 Å². The van der Waals surface area contributed by atoms with Crippen LogP contribution in [0.15, 0.2) is 24.3 Å². The van der Waals surface area contributed by atoms with Gasteiger partial charge in [-0.1, -0.05) is 12.1 Å². The number of nitrogens with two attached hydrogens (primary N) is 1. The van der Waals surface area contributed by atoms with Crippen LogP contribution in [0.3, 0.4) is 0 Å². The van der Waals surface area contributed by atoms with Crippen molar-refractivity contribution in [2.75, 3.05) is 7.05 Å². The molecule has 1 aromatic carbocycles. The minimum atomic E-state index is -0.0575. The van der Waals surface area contributed by atoms with Gasteiger partial charge in [0.25, 0.3) is 0 Å². The SMILES string of the molecule is CNC(=O)Cn1c(CN)nc2ccccc21. The summed E-state index contributed by atoms with van der Waals surface area (Å²) in [6, 6.07) is 7.68. The fourth-order valence-corrected chi connectivity index (χ4v) is 1.68. The predicted molar refractivity (Wildman–Crippen MR) is 61.7 cm³/mol. The van der Waals surface area contributed by atoms with Crippen molar-refractivity contribution in [1.29, 1.82) is 0 Å². The zero-order chi connectivity index (χ0) is 11.5. The third kappa shape index (κ3) is 1.77. The average Bonchev–Trinajstić information content (AvgIpc) is 2.67. The Hall–Kier alpha value is -1.88. The first-order valence-electron chi connectivity index (χ1n) is 5.11. The van der Waals surface area contributed by atoms with E-state index >= 15 is 0 Å². The molecular formula is C11H14N4O. The number of rotatable bonds is 3. The second kappa shape index (κ2) is 4.32. The quantitative estimate of drug-likeness (QED) is 0.775. The van der Waals surface area contributed by atoms with E-state index in [9.17, 15) is 4.79 Å². The highest BCUT2D eigenvalue weighted by Crippen LogP contribution is 2.15. The minimum Gasteiger partial charge on any atom is -0.358 e. The van der Waals surface area contributed by atoms with E-state index in [1.165, 1.54) is 0 Å². The van der Waals surface area contributed by atoms with Gasteiger partial charge < -0.3 is 15.6 Å². The highest BCUT2D eigenvalue weighted by Gasteiger charge is 2.10. The molecule has 0 unspecified atom stereocenters. The lowest BCUT2D eigenvalue weighted by atomic mass is 10.3. The number of nitrogens with zero attached hydrogens (tertiary/aromatic N) is 2. The summed E-state index contributed by atoms with van der Waals surface area (Å²) in [6.45, 7) is 0.579. The Bertz CT molecular complexity index is 518. The largest absolute Gasteiger partial charge is 0.358 e. The normalized spacial score (nSPS) is 10.6. The topological polar surface area (TPSA) is 72.9 Å². The molecule has 0 bridgehead atoms. The van der Waals surface area contributed by atoms with Crippen LogP contribution in [-0.4, -0.2) is 22.5 Å². The molecular weight excluding hydrogens is 204 g/mol. The summed E-state index contributed by atoms with van der Waals surface area (Å²) in [5.41, 5.74) is 7.42. The van der Waals surface area contributed by atoms with Crippen molar-refractivity contribution < 1.29 is 4.79 Å². The van der Waals surface area contributed by atoms with Gasteiger partial charge in [0, 0.05) is 7.05 Å². The summed E-state index contributed by atoms with van der Waals surface area (Å²) < 4.78 is 1.84. The molecule has 1 heterocycles. The van der Waals surface area contributed by atoms with Crippen molar-refractivity contribution in [2.45, 2.75) is 13.1 Å². The van der Waals surface area contributed by atoms with Gasteiger partial charge in [0.15, 0.2) is 0 Å². The molecule has 0 saturated carbocycles. The van der Waals surface area contributed by atoms with Crippen molar-refractivity contribution >= 4 is 16.9 Å². The Labute approximate surface area is 93.3 Å². The predicted octanol–water partition coefficient (Wildman–Crippen LogP) is 0.241. The maximum atomic E-state index is 11.4. The molecule has 84 valence electrons. The molecule has 5 heteroatoms. The molecule has 1 aromatic heterocycles. The monoisotopic (exact) mass is 218 g/mol. The summed E-state index contributed by atoms with van der Waals surface area (Å²) in [4.78, 5) is 15.8. The average molecular weight is 218 g/mol. The first-order chi connectivity index (χ1) is 7.76. The molecule has 0 atom stereocenters. The van der Waals surface area contributed by atoms with E-state index < -0.39 is 0 Å². The van der Waals surface area contributed by atoms with Crippen LogP contribution in [0.25, 0.3) is 11.0 Å². The van der Waals surface area contributed by atoms with Gasteiger partial charge in [0.05, 0.1) is 17.6 Å². The molecule has 0 aliphatic carbocycles. The highest BCUT2D eigenvalue weighted by atomic mass is 16.1. The number of amides is 1. The Morgan fingerprint density at radius 1 is 1.50 bits per heavy atom. The van der Waals surface area contributed by atoms with E-state index in [-0.39, 0.29) is 12.5 Å². The van der Waals surface area contributed by atoms with Gasteiger partial charge in [0.1, 0.15) is 12.4 Å². The van der Waals surface area contributed by atoms with E-state index in [2.05, 4.69) is 10.3 Å². The minimum absolute atomic E-state index is 0.0575. The smallest absolute Gasteiger partial charge is 0.239 e. The summed E-state index contributed by atoms with van der Waals surface area (Å²) in [6.07, 6.45) is 0. The molecule has 0 radical (unpaired) electrons. The first kappa shape index (κ1) is 10.6. The zero-order valence-corrected chi connectivity index (χ0v) is 9.10. The molecule has 0 aliphatic heterocycles. The molecule has 2 aromatic rings. The van der Waals surface area contributed by atoms with Gasteiger partial charge in [0.2, 0.25) is 5.91 Å². The molecule has 0 saturated heterocycles.